The molecule has 0 aromatic heterocycles. The van der Waals surface area contributed by atoms with Crippen LogP contribution in [0.4, 0.5) is 49.9 Å². The predicted octanol–water partition coefficient (Wildman–Crippen LogP) is 36.3. The Bertz CT molecular complexity index is 6580. The second-order valence-corrected chi connectivity index (χ2v) is 28.0. The molecule has 0 heterocycles. The van der Waals surface area contributed by atoms with Crippen LogP contribution in [0.1, 0.15) is 125 Å². The first kappa shape index (κ1) is 110. The molecule has 0 fully saturated rings. The summed E-state index contributed by atoms with van der Waals surface area (Å²) in [5.41, 5.74) is 36.3. The van der Waals surface area contributed by atoms with Gasteiger partial charge in [0, 0.05) is 72.7 Å². The first-order chi connectivity index (χ1) is 67.3. The van der Waals surface area contributed by atoms with Crippen molar-refractivity contribution in [1.29, 1.82) is 0 Å². The van der Waals surface area contributed by atoms with Gasteiger partial charge in [-0.2, -0.15) is 4.39 Å². The summed E-state index contributed by atoms with van der Waals surface area (Å²) in [5, 5.41) is 33.7. The number of nitrogens with one attached hydrogen (secondary N) is 2. The third-order valence-electron chi connectivity index (χ3n) is 20.5. The number of para-hydroxylation sites is 5. The largest absolute Gasteiger partial charge is 0.398 e. The lowest BCUT2D eigenvalue weighted by atomic mass is 9.91. The number of nitro groups is 2. The van der Waals surface area contributed by atoms with Crippen molar-refractivity contribution in [2.75, 3.05) is 22.1 Å². The number of benzene rings is 19. The third-order valence-corrected chi connectivity index (χ3v) is 20.5. The number of halogens is 1. The summed E-state index contributed by atoms with van der Waals surface area (Å²) in [5.74, 6) is -0.799. The monoisotopic (exact) mass is 1820 g/mol. The number of nitrogens with two attached hydrogens (primary N) is 2. The van der Waals surface area contributed by atoms with E-state index < -0.39 is 27.3 Å². The Hall–Kier alpha value is -16.3. The van der Waals surface area contributed by atoms with Crippen molar-refractivity contribution in [3.8, 4) is 100 Å². The summed E-state index contributed by atoms with van der Waals surface area (Å²) < 4.78 is 12.4. The Morgan fingerprint density at radius 2 is 0.460 bits per heavy atom. The van der Waals surface area contributed by atoms with E-state index in [0.717, 1.165) is 140 Å². The number of hydrogen-bond donors (Lipinski definition) is 4. The van der Waals surface area contributed by atoms with Crippen LogP contribution in [0.15, 0.2) is 440 Å². The molecule has 0 aliphatic carbocycles. The minimum Gasteiger partial charge on any atom is -0.398 e. The molecule has 0 amide bonds. The molecule has 6 N–H and O–H groups in total. The van der Waals surface area contributed by atoms with Crippen LogP contribution in [-0.2, 0) is 0 Å². The van der Waals surface area contributed by atoms with E-state index in [1.165, 1.54) is 40.5 Å². The molecule has 12 nitrogen and oxygen atoms in total. The molecule has 0 bridgehead atoms. The van der Waals surface area contributed by atoms with E-state index in [2.05, 4.69) is 205 Å². The van der Waals surface area contributed by atoms with Crippen LogP contribution in [-0.4, -0.2) is 9.85 Å². The van der Waals surface area contributed by atoms with Gasteiger partial charge >= 0.3 is 5.69 Å². The second kappa shape index (κ2) is 60.0. The van der Waals surface area contributed by atoms with Crippen LogP contribution in [0.25, 0.3) is 132 Å². The van der Waals surface area contributed by atoms with Crippen LogP contribution in [0.5, 0.6) is 0 Å². The second-order valence-electron chi connectivity index (χ2n) is 28.0. The minimum absolute atomic E-state index is 0.0349. The van der Waals surface area contributed by atoms with Crippen LogP contribution in [0, 0.1) is 26.0 Å². The number of nitro benzene ring substituents is 2. The fourth-order valence-corrected chi connectivity index (χ4v) is 14.7. The standard InChI is InChI=1S/C30H22N2O2.C30H24N2.C24H19N.C16H8O2.C6H4FNO2.9C2H6/c33-32(34)29-19-11-10-18-28(29)31-30-26(23-14-6-2-7-15-23)20-25(22-12-4-1-5-13-22)21-27(30)24-16-8-3-9-17-24;31-28-18-10-11-19-29(28)32-30-26(23-14-6-2-7-15-23)20-25(22-12-4-1-5-13-22)21-27(30)24-16-8-3-9-17-24;25-24-22(19-12-6-2-7-13-19)16-21(18-10-4-1-5-11-18)17-23(24)20-14-8-3-9-15-20;17-15-11-5-1-3-9-7-8-10-4-2-6-12(16(15)18)14(10)13(9)11;7-5-3-1-2-4-6(5)8(9)10;9*1-2/h1-21,31H;1-21,32H,31H2;1-17H,25H2;1-8H;1-4H;9*1-2H3. The molecule has 19 aromatic carbocycles. The zero-order chi connectivity index (χ0) is 100.0. The highest BCUT2D eigenvalue weighted by atomic mass is 19.1. The van der Waals surface area contributed by atoms with Crippen molar-refractivity contribution in [2.24, 2.45) is 0 Å². The van der Waals surface area contributed by atoms with E-state index >= 15 is 0 Å². The summed E-state index contributed by atoms with van der Waals surface area (Å²) >= 11 is 0. The van der Waals surface area contributed by atoms with E-state index in [1.807, 2.05) is 301 Å². The van der Waals surface area contributed by atoms with Gasteiger partial charge in [0.1, 0.15) is 5.69 Å². The smallest absolute Gasteiger partial charge is 0.304 e. The summed E-state index contributed by atoms with van der Waals surface area (Å²) in [7, 11) is 0. The number of rotatable bonds is 15. The number of anilines is 6. The maximum absolute atomic E-state index is 12.4. The Balaban J connectivity index is 0.000000260. The van der Waals surface area contributed by atoms with Gasteiger partial charge < -0.3 is 22.1 Å². The zero-order valence-electron chi connectivity index (χ0n) is 82.4. The molecular weight excluding hydrogens is 1690 g/mol. The van der Waals surface area contributed by atoms with Gasteiger partial charge in [0.15, 0.2) is 0 Å². The molecule has 0 saturated carbocycles. The molecule has 0 spiro atoms. The lowest BCUT2D eigenvalue weighted by Crippen LogP contribution is -2.24. The molecule has 0 radical (unpaired) electrons. The fourth-order valence-electron chi connectivity index (χ4n) is 14.7. The van der Waals surface area contributed by atoms with Crippen molar-refractivity contribution < 1.29 is 14.2 Å². The lowest BCUT2D eigenvalue weighted by molar-refractivity contribution is -0.387. The minimum atomic E-state index is -0.799. The lowest BCUT2D eigenvalue weighted by Gasteiger charge is -2.20. The average molecular weight is 1820 g/mol. The van der Waals surface area contributed by atoms with E-state index in [0.29, 0.717) is 16.5 Å². The molecule has 0 saturated heterocycles. The number of nitrogen functional groups attached to an aromatic ring is 2. The maximum Gasteiger partial charge on any atom is 0.304 e. The van der Waals surface area contributed by atoms with Crippen LogP contribution < -0.4 is 33.0 Å². The molecule has 0 atom stereocenters. The quantitative estimate of drug-likeness (QED) is 0.0252. The van der Waals surface area contributed by atoms with Crippen molar-refractivity contribution in [3.63, 3.8) is 0 Å². The van der Waals surface area contributed by atoms with Gasteiger partial charge in [-0.15, -0.1) is 0 Å². The van der Waals surface area contributed by atoms with E-state index in [4.69, 9.17) is 11.5 Å². The van der Waals surface area contributed by atoms with Gasteiger partial charge in [-0.3, -0.25) is 29.8 Å². The molecule has 0 aliphatic rings. The highest BCUT2D eigenvalue weighted by Gasteiger charge is 2.23. The van der Waals surface area contributed by atoms with Crippen molar-refractivity contribution in [3.05, 3.63) is 477 Å². The van der Waals surface area contributed by atoms with E-state index in [-0.39, 0.29) is 10.6 Å². The topological polar surface area (TPSA) is 197 Å². The van der Waals surface area contributed by atoms with Crippen LogP contribution >= 0.6 is 0 Å². The first-order valence-corrected chi connectivity index (χ1v) is 47.6. The molecule has 19 rings (SSSR count). The number of hydrogen-bond acceptors (Lipinski definition) is 10. The molecule has 19 aromatic rings. The Labute approximate surface area is 811 Å². The highest BCUT2D eigenvalue weighted by Crippen LogP contribution is 2.47. The third kappa shape index (κ3) is 29.4. The van der Waals surface area contributed by atoms with Crippen LogP contribution in [0.3, 0.4) is 0 Å². The number of nitrogens with zero attached hydrogens (tertiary/aromatic N) is 2. The fraction of sp³-hybridized carbons (Fsp3) is 0.145. The average Bonchev–Trinajstić information content (AvgIpc) is 0.729. The van der Waals surface area contributed by atoms with Gasteiger partial charge in [-0.05, 0) is 138 Å². The van der Waals surface area contributed by atoms with Crippen molar-refractivity contribution in [1.82, 2.24) is 0 Å². The van der Waals surface area contributed by atoms with E-state index in [9.17, 15) is 34.2 Å². The maximum atomic E-state index is 12.4. The summed E-state index contributed by atoms with van der Waals surface area (Å²) in [6.45, 7) is 36.0. The van der Waals surface area contributed by atoms with Crippen LogP contribution in [0.2, 0.25) is 0 Å². The van der Waals surface area contributed by atoms with Crippen molar-refractivity contribution >= 4 is 77.8 Å². The summed E-state index contributed by atoms with van der Waals surface area (Å²) in [6, 6.07) is 141. The molecular formula is C124H131FN6O6. The Kier molecular flexibility index (Phi) is 48.0. The van der Waals surface area contributed by atoms with E-state index in [1.54, 1.807) is 30.3 Å². The summed E-state index contributed by atoms with van der Waals surface area (Å²) in [4.78, 5) is 44.8. The SMILES string of the molecule is CC.CC.CC.CC.CC.CC.CC.CC.CC.Nc1c(-c2ccccc2)cc(-c2ccccc2)cc1-c1ccccc1.Nc1ccccc1Nc1c(-c2ccccc2)cc(-c2ccccc2)cc1-c1ccccc1.O=[N+]([O-])c1ccccc1F.O=[N+]([O-])c1ccccc1Nc1c(-c2ccccc2)cc(-c2ccccc2)cc1-c1ccccc1.O=c1c(=O)c2cccc3ccc4cccc1c4c32. The van der Waals surface area contributed by atoms with Gasteiger partial charge in [-0.1, -0.05) is 483 Å². The van der Waals surface area contributed by atoms with Gasteiger partial charge in [0.2, 0.25) is 16.7 Å². The van der Waals surface area contributed by atoms with Gasteiger partial charge in [0.25, 0.3) is 5.69 Å². The predicted molar refractivity (Wildman–Crippen MR) is 592 cm³/mol. The summed E-state index contributed by atoms with van der Waals surface area (Å²) in [6.07, 6.45) is 0. The molecule has 0 aliphatic heterocycles. The highest BCUT2D eigenvalue weighted by molar-refractivity contribution is 6.22. The Morgan fingerprint density at radius 1 is 0.234 bits per heavy atom. The molecule has 137 heavy (non-hydrogen) atoms. The van der Waals surface area contributed by atoms with Gasteiger partial charge in [-0.25, -0.2) is 0 Å². The molecule has 13 heteroatoms. The normalized spacial score (nSPS) is 9.66. The first-order valence-electron chi connectivity index (χ1n) is 47.6. The van der Waals surface area contributed by atoms with Gasteiger partial charge in [0.05, 0.1) is 32.6 Å². The Morgan fingerprint density at radius 3 is 0.730 bits per heavy atom. The zero-order valence-corrected chi connectivity index (χ0v) is 82.4. The molecule has 0 unspecified atom stereocenters. The molecule has 700 valence electrons. The van der Waals surface area contributed by atoms with Crippen molar-refractivity contribution in [2.45, 2.75) is 125 Å².